The van der Waals surface area contributed by atoms with Crippen LogP contribution in [0.4, 0.5) is 5.69 Å². The number of amides is 2. The second kappa shape index (κ2) is 6.74. The van der Waals surface area contributed by atoms with Gasteiger partial charge in [0.1, 0.15) is 0 Å². The van der Waals surface area contributed by atoms with E-state index in [4.69, 9.17) is 0 Å². The molecule has 0 saturated carbocycles. The Morgan fingerprint density at radius 3 is 2.48 bits per heavy atom. The Morgan fingerprint density at radius 1 is 1.19 bits per heavy atom. The molecule has 114 valence electrons. The fourth-order valence-electron chi connectivity index (χ4n) is 3.05. The molecule has 1 heterocycles. The van der Waals surface area contributed by atoms with Crippen LogP contribution in [0.1, 0.15) is 43.7 Å². The summed E-state index contributed by atoms with van der Waals surface area (Å²) in [7, 11) is 0. The Bertz CT molecular complexity index is 519. The first-order valence-corrected chi connectivity index (χ1v) is 7.71. The molecule has 2 rings (SSSR count). The third-order valence-electron chi connectivity index (χ3n) is 4.03. The molecule has 4 nitrogen and oxygen atoms in total. The van der Waals surface area contributed by atoms with Gasteiger partial charge in [-0.15, -0.1) is 0 Å². The molecule has 1 aromatic carbocycles. The summed E-state index contributed by atoms with van der Waals surface area (Å²) >= 11 is 0. The number of benzene rings is 1. The van der Waals surface area contributed by atoms with E-state index in [9.17, 15) is 9.59 Å². The predicted octanol–water partition coefficient (Wildman–Crippen LogP) is 3.03. The monoisotopic (exact) mass is 288 g/mol. The number of aryl methyl sites for hydroxylation is 2. The van der Waals surface area contributed by atoms with Gasteiger partial charge in [-0.2, -0.15) is 0 Å². The molecule has 1 unspecified atom stereocenters. The Labute approximate surface area is 126 Å². The number of nitrogens with zero attached hydrogens (tertiary/aromatic N) is 1. The van der Waals surface area contributed by atoms with Crippen LogP contribution in [0.5, 0.6) is 0 Å². The lowest BCUT2D eigenvalue weighted by Gasteiger charge is -2.34. The summed E-state index contributed by atoms with van der Waals surface area (Å²) in [4.78, 5) is 26.3. The molecule has 1 aliphatic rings. The number of rotatable bonds is 2. The zero-order chi connectivity index (χ0) is 15.4. The molecule has 0 bridgehead atoms. The molecule has 4 heteroatoms. The summed E-state index contributed by atoms with van der Waals surface area (Å²) in [5, 5.41) is 2.74. The average Bonchev–Trinajstić information content (AvgIpc) is 2.45. The number of anilines is 1. The quantitative estimate of drug-likeness (QED) is 0.850. The minimum absolute atomic E-state index is 0.205. The number of carbonyl (C=O) groups is 2. The van der Waals surface area contributed by atoms with E-state index in [1.807, 2.05) is 32.0 Å². The Hall–Kier alpha value is -1.84. The van der Waals surface area contributed by atoms with Gasteiger partial charge in [-0.1, -0.05) is 13.0 Å². The lowest BCUT2D eigenvalue weighted by molar-refractivity contribution is -0.145. The summed E-state index contributed by atoms with van der Waals surface area (Å²) in [5.74, 6) is -0.930. The maximum absolute atomic E-state index is 12.4. The van der Waals surface area contributed by atoms with Crippen LogP contribution in [0.25, 0.3) is 0 Å². The third kappa shape index (κ3) is 3.84. The lowest BCUT2D eigenvalue weighted by atomic mass is 10.00. The Balaban J connectivity index is 2.06. The molecule has 0 spiro atoms. The molecular weight excluding hydrogens is 264 g/mol. The highest BCUT2D eigenvalue weighted by molar-refractivity contribution is 6.39. The van der Waals surface area contributed by atoms with Gasteiger partial charge in [0.05, 0.1) is 0 Å². The molecule has 1 atom stereocenters. The Morgan fingerprint density at radius 2 is 1.86 bits per heavy atom. The minimum Gasteiger partial charge on any atom is -0.331 e. The summed E-state index contributed by atoms with van der Waals surface area (Å²) in [5.41, 5.74) is 2.83. The van der Waals surface area contributed by atoms with Crippen LogP contribution in [0, 0.1) is 13.8 Å². The van der Waals surface area contributed by atoms with Crippen molar-refractivity contribution in [2.75, 3.05) is 11.9 Å². The SMILES string of the molecule is CCC1CCCCN1C(=O)C(=O)Nc1cc(C)cc(C)c1. The Kier molecular flexibility index (Phi) is 4.99. The molecule has 2 amide bonds. The lowest BCUT2D eigenvalue weighted by Crippen LogP contribution is -2.48. The van der Waals surface area contributed by atoms with Crippen LogP contribution in [0.15, 0.2) is 18.2 Å². The van der Waals surface area contributed by atoms with Crippen molar-refractivity contribution in [2.45, 2.75) is 52.5 Å². The molecule has 0 radical (unpaired) electrons. The first-order valence-electron chi connectivity index (χ1n) is 7.71. The molecule has 0 aliphatic carbocycles. The van der Waals surface area contributed by atoms with Crippen LogP contribution in [-0.2, 0) is 9.59 Å². The third-order valence-corrected chi connectivity index (χ3v) is 4.03. The fourth-order valence-corrected chi connectivity index (χ4v) is 3.05. The van der Waals surface area contributed by atoms with Crippen molar-refractivity contribution in [3.63, 3.8) is 0 Å². The van der Waals surface area contributed by atoms with E-state index in [0.717, 1.165) is 36.8 Å². The van der Waals surface area contributed by atoms with E-state index in [-0.39, 0.29) is 6.04 Å². The van der Waals surface area contributed by atoms with Crippen molar-refractivity contribution in [2.24, 2.45) is 0 Å². The molecule has 1 saturated heterocycles. The zero-order valence-corrected chi connectivity index (χ0v) is 13.1. The highest BCUT2D eigenvalue weighted by atomic mass is 16.2. The topological polar surface area (TPSA) is 49.4 Å². The molecule has 0 aromatic heterocycles. The molecule has 1 N–H and O–H groups in total. The second-order valence-corrected chi connectivity index (χ2v) is 5.89. The van der Waals surface area contributed by atoms with Crippen molar-refractivity contribution in [3.8, 4) is 0 Å². The van der Waals surface area contributed by atoms with Crippen LogP contribution >= 0.6 is 0 Å². The van der Waals surface area contributed by atoms with E-state index >= 15 is 0 Å². The standard InChI is InChI=1S/C17H24N2O2/c1-4-15-7-5-6-8-19(15)17(21)16(20)18-14-10-12(2)9-13(3)11-14/h9-11,15H,4-8H2,1-3H3,(H,18,20). The molecule has 1 aliphatic heterocycles. The van der Waals surface area contributed by atoms with Crippen LogP contribution in [0.2, 0.25) is 0 Å². The summed E-state index contributed by atoms with van der Waals surface area (Å²) < 4.78 is 0. The van der Waals surface area contributed by atoms with Gasteiger partial charge in [0.25, 0.3) is 0 Å². The van der Waals surface area contributed by atoms with Gasteiger partial charge in [0, 0.05) is 18.3 Å². The first-order chi connectivity index (χ1) is 10.0. The van der Waals surface area contributed by atoms with Gasteiger partial charge in [-0.05, 0) is 62.8 Å². The van der Waals surface area contributed by atoms with Gasteiger partial charge < -0.3 is 10.2 Å². The van der Waals surface area contributed by atoms with E-state index < -0.39 is 11.8 Å². The van der Waals surface area contributed by atoms with E-state index in [1.54, 1.807) is 4.90 Å². The zero-order valence-electron chi connectivity index (χ0n) is 13.1. The van der Waals surface area contributed by atoms with Crippen LogP contribution in [0.3, 0.4) is 0 Å². The number of piperidine rings is 1. The van der Waals surface area contributed by atoms with Crippen molar-refractivity contribution in [1.29, 1.82) is 0 Å². The van der Waals surface area contributed by atoms with Gasteiger partial charge in [0.2, 0.25) is 0 Å². The van der Waals surface area contributed by atoms with Gasteiger partial charge in [-0.25, -0.2) is 0 Å². The number of carbonyl (C=O) groups excluding carboxylic acids is 2. The van der Waals surface area contributed by atoms with Gasteiger partial charge in [-0.3, -0.25) is 9.59 Å². The number of hydrogen-bond acceptors (Lipinski definition) is 2. The molecule has 21 heavy (non-hydrogen) atoms. The number of likely N-dealkylation sites (tertiary alicyclic amines) is 1. The highest BCUT2D eigenvalue weighted by Crippen LogP contribution is 2.20. The van der Waals surface area contributed by atoms with Crippen LogP contribution in [-0.4, -0.2) is 29.3 Å². The smallest absolute Gasteiger partial charge is 0.313 e. The second-order valence-electron chi connectivity index (χ2n) is 5.89. The largest absolute Gasteiger partial charge is 0.331 e. The van der Waals surface area contributed by atoms with Crippen LogP contribution < -0.4 is 5.32 Å². The summed E-state index contributed by atoms with van der Waals surface area (Å²) in [6.45, 7) is 6.71. The van der Waals surface area contributed by atoms with E-state index in [0.29, 0.717) is 12.2 Å². The summed E-state index contributed by atoms with van der Waals surface area (Å²) in [6, 6.07) is 6.00. The van der Waals surface area contributed by atoms with Crippen molar-refractivity contribution < 1.29 is 9.59 Å². The van der Waals surface area contributed by atoms with Crippen molar-refractivity contribution in [1.82, 2.24) is 4.90 Å². The van der Waals surface area contributed by atoms with Gasteiger partial charge >= 0.3 is 11.8 Å². The molecule has 1 fully saturated rings. The number of nitrogens with one attached hydrogen (secondary N) is 1. The van der Waals surface area contributed by atoms with Gasteiger partial charge in [0.15, 0.2) is 0 Å². The maximum Gasteiger partial charge on any atom is 0.313 e. The van der Waals surface area contributed by atoms with E-state index in [2.05, 4.69) is 12.2 Å². The minimum atomic E-state index is -0.527. The molecular formula is C17H24N2O2. The number of hydrogen-bond donors (Lipinski definition) is 1. The summed E-state index contributed by atoms with van der Waals surface area (Å²) in [6.07, 6.45) is 4.03. The van der Waals surface area contributed by atoms with Crippen molar-refractivity contribution in [3.05, 3.63) is 29.3 Å². The predicted molar refractivity (Wildman–Crippen MR) is 84.2 cm³/mol. The molecule has 1 aromatic rings. The van der Waals surface area contributed by atoms with E-state index in [1.165, 1.54) is 0 Å². The average molecular weight is 288 g/mol. The highest BCUT2D eigenvalue weighted by Gasteiger charge is 2.29. The van der Waals surface area contributed by atoms with Crippen molar-refractivity contribution >= 4 is 17.5 Å². The first kappa shape index (κ1) is 15.5. The fraction of sp³-hybridized carbons (Fsp3) is 0.529. The maximum atomic E-state index is 12.4. The normalized spacial score (nSPS) is 18.4.